The smallest absolute Gasteiger partial charge is 0.339 e. The molecule has 12 heterocycles. The van der Waals surface area contributed by atoms with Crippen LogP contribution in [0.1, 0.15) is 187 Å². The van der Waals surface area contributed by atoms with Crippen LogP contribution in [-0.4, -0.2) is 146 Å². The molecular formula is C112H119Cl4N15O9S3Sn. The van der Waals surface area contributed by atoms with Crippen LogP contribution in [-0.2, 0) is 59.2 Å². The number of aryl methyl sites for hydroxylation is 6. The summed E-state index contributed by atoms with van der Waals surface area (Å²) < 4.78 is 44.0. The van der Waals surface area contributed by atoms with Crippen molar-refractivity contribution >= 4 is 184 Å². The van der Waals surface area contributed by atoms with E-state index in [0.717, 1.165) is 179 Å². The molecule has 18 rings (SSSR count). The van der Waals surface area contributed by atoms with E-state index in [2.05, 4.69) is 63.2 Å². The zero-order valence-electron chi connectivity index (χ0n) is 84.7. The number of rotatable bonds is 29. The van der Waals surface area contributed by atoms with Gasteiger partial charge in [-0.2, -0.15) is 10.2 Å². The number of aliphatic carboxylic acids is 1. The predicted molar refractivity (Wildman–Crippen MR) is 589 cm³/mol. The second-order valence-electron chi connectivity index (χ2n) is 38.7. The number of halogens is 4. The average Bonchev–Trinajstić information content (AvgIpc) is 1.41. The van der Waals surface area contributed by atoms with Crippen LogP contribution in [0, 0.1) is 20.8 Å². The van der Waals surface area contributed by atoms with Gasteiger partial charge in [0.1, 0.15) is 31.2 Å². The molecule has 144 heavy (non-hydrogen) atoms. The molecule has 0 radical (unpaired) electrons. The molecular weight excluding hydrogens is 2060 g/mol. The van der Waals surface area contributed by atoms with E-state index in [9.17, 15) is 19.5 Å². The summed E-state index contributed by atoms with van der Waals surface area (Å²) in [5, 5.41) is 27.9. The van der Waals surface area contributed by atoms with Crippen LogP contribution in [0.25, 0.3) is 152 Å². The van der Waals surface area contributed by atoms with Crippen molar-refractivity contribution in [1.82, 2.24) is 74.2 Å². The third kappa shape index (κ3) is 24.9. The molecule has 0 spiro atoms. The van der Waals surface area contributed by atoms with Gasteiger partial charge in [0.05, 0.1) is 107 Å². The maximum atomic E-state index is 13.4. The van der Waals surface area contributed by atoms with E-state index in [0.29, 0.717) is 25.8 Å². The number of carboxylic acids is 1. The SMILES string of the molecule is CCC[CH2][Sn]([CH2]CCC)([CH2]CCC)[c]1ccc2c(cnn2C)n1.CCOC(=O)[C@@H](OC(C)(C)C)c1c(C)cc2nc(-c3ccnc(-c4ccc5c(cnn5C)n4)c3)sc2c1-c1ccc(Cl)cc1.CCOC(=O)[C@@H](OC(C)(C)C)c1c(C)cc2nc(-c3ccnc(Cl)c3)sc2c1-c1ccc(Cl)cc1.Cc1cc2nc(-c3ccnc(-c4ccc5c(cnn5C)n4)c3)sc2c(-c2ccc(Cl)cc2)c1[C@H](OC(C)(C)C)C(=O)O. The first-order chi connectivity index (χ1) is 68.7. The third-order valence-corrected chi connectivity index (χ3v) is 44.0. The number of carbonyl (C=O) groups excluding carboxylic acids is 2. The van der Waals surface area contributed by atoms with Gasteiger partial charge in [-0.05, 0) is 246 Å². The fourth-order valence-electron chi connectivity index (χ4n) is 17.9. The Kier molecular flexibility index (Phi) is 34.2. The van der Waals surface area contributed by atoms with E-state index in [-0.39, 0.29) is 13.2 Å². The Morgan fingerprint density at radius 3 is 1.02 bits per heavy atom. The Balaban J connectivity index is 0.000000148. The van der Waals surface area contributed by atoms with Gasteiger partial charge in [-0.15, -0.1) is 34.0 Å². The van der Waals surface area contributed by atoms with E-state index >= 15 is 0 Å². The van der Waals surface area contributed by atoms with Gasteiger partial charge in [-0.3, -0.25) is 19.3 Å². The first-order valence-corrected chi connectivity index (χ1v) is 59.8. The van der Waals surface area contributed by atoms with E-state index in [1.165, 1.54) is 78.2 Å². The summed E-state index contributed by atoms with van der Waals surface area (Å²) in [7, 11) is 5.78. The monoisotopic (exact) mass is 2170 g/mol. The Labute approximate surface area is 875 Å². The number of benzene rings is 6. The normalized spacial score (nSPS) is 12.6. The van der Waals surface area contributed by atoms with Crippen molar-refractivity contribution in [1.29, 1.82) is 0 Å². The summed E-state index contributed by atoms with van der Waals surface area (Å²) in [6, 6.07) is 52.6. The van der Waals surface area contributed by atoms with Crippen LogP contribution in [0.3, 0.4) is 0 Å². The Bertz CT molecular complexity index is 7670. The largest absolute Gasteiger partial charge is 0.479 e. The van der Waals surface area contributed by atoms with Crippen LogP contribution in [0.5, 0.6) is 0 Å². The maximum Gasteiger partial charge on any atom is 0.339 e. The number of carbonyl (C=O) groups is 3. The number of esters is 2. The quantitative estimate of drug-likeness (QED) is 0.0259. The van der Waals surface area contributed by atoms with Gasteiger partial charge in [-0.25, -0.2) is 44.3 Å². The number of unbranched alkanes of at least 4 members (excludes halogenated alkanes) is 3. The molecule has 0 saturated carbocycles. The molecule has 6 aromatic carbocycles. The van der Waals surface area contributed by atoms with Crippen molar-refractivity contribution in [3.63, 3.8) is 0 Å². The van der Waals surface area contributed by atoms with E-state index < -0.39 is 71.4 Å². The van der Waals surface area contributed by atoms with Crippen molar-refractivity contribution < 1.29 is 43.2 Å². The molecule has 0 fully saturated rings. The van der Waals surface area contributed by atoms with Crippen molar-refractivity contribution in [3.8, 4) is 87.9 Å². The molecule has 0 unspecified atom stereocenters. The van der Waals surface area contributed by atoms with Crippen molar-refractivity contribution in [2.24, 2.45) is 21.1 Å². The summed E-state index contributed by atoms with van der Waals surface area (Å²) in [5.74, 6) is -1.91. The minimum atomic E-state index is -2.38. The first kappa shape index (κ1) is 107. The van der Waals surface area contributed by atoms with Gasteiger partial charge in [0, 0.05) is 97.8 Å². The molecule has 0 aliphatic carbocycles. The van der Waals surface area contributed by atoms with Gasteiger partial charge in [0.25, 0.3) is 0 Å². The minimum absolute atomic E-state index is 0.248. The topological polar surface area (TPSA) is 287 Å². The molecule has 18 aromatic rings. The minimum Gasteiger partial charge on any atom is -0.479 e. The number of aromatic nitrogens is 15. The van der Waals surface area contributed by atoms with Gasteiger partial charge in [0.15, 0.2) is 18.3 Å². The maximum absolute atomic E-state index is 13.4. The van der Waals surface area contributed by atoms with Gasteiger partial charge in [0.2, 0.25) is 0 Å². The molecule has 0 aliphatic heterocycles. The summed E-state index contributed by atoms with van der Waals surface area (Å²) in [5.41, 5.74) is 21.8. The van der Waals surface area contributed by atoms with Crippen molar-refractivity contribution in [2.45, 2.75) is 205 Å². The average molecular weight is 2180 g/mol. The first-order valence-electron chi connectivity index (χ1n) is 48.4. The number of fused-ring (bicyclic) bond motifs is 6. The van der Waals surface area contributed by atoms with Gasteiger partial charge >= 0.3 is 164 Å². The second kappa shape index (κ2) is 46.1. The summed E-state index contributed by atoms with van der Waals surface area (Å²) in [6.45, 7) is 34.1. The Hall–Kier alpha value is -11.5. The number of pyridine rings is 6. The number of nitrogens with zero attached hydrogens (tertiary/aromatic N) is 15. The third-order valence-electron chi connectivity index (χ3n) is 24.5. The molecule has 0 amide bonds. The Morgan fingerprint density at radius 2 is 0.694 bits per heavy atom. The molecule has 1 N–H and O–H groups in total. The number of thiazole rings is 3. The molecule has 746 valence electrons. The van der Waals surface area contributed by atoms with Crippen LogP contribution in [0.4, 0.5) is 0 Å². The van der Waals surface area contributed by atoms with E-state index in [1.54, 1.807) is 83.7 Å². The summed E-state index contributed by atoms with van der Waals surface area (Å²) >= 11 is 27.1. The van der Waals surface area contributed by atoms with Crippen molar-refractivity contribution in [3.05, 3.63) is 255 Å². The van der Waals surface area contributed by atoms with Gasteiger partial charge in [-0.1, -0.05) is 82.8 Å². The standard InChI is InChI=1S/C34H32ClN5O3S.C32H28ClN5O3S.C27H26Cl2N2O3S.C7H6N3.3C4H9.Sn/c1-7-42-33(41)30(43-34(3,4)5)28-19(2)16-25-31(29(28)20-8-10-22(35)11-9-20)44-32(39-25)21-14-15-36-24(17-21)23-12-13-27-26(38-23)18-37-40(27)6;1-17-14-23-29(27(18-6-8-20(33)9-7-18)26(17)28(31(39)40)41-32(2,3)4)42-30(37-23)19-12-13-34-22(15-19)21-10-11-25-24(36-21)16-35-38(25)5;1-6-33-26(32)23(34-27(3,4)5)21-15(2)13-19-24(22(21)16-7-9-18(28)10-8-16)35-25(31-19)17-11-12-30-20(29)14-17;1-10-7-3-2-4-8-6(7)5-9-10;3*1-3-4-2;/h8-18,30H,7H2,1-6H3;6-16,28H,1-5H3,(H,39,40);7-14,23H,6H2,1-5H3;2-3,5H,1H3;3*1,3-4H2,2H3;/t30-;28-;23-;;;;;/m000...../s1. The molecule has 0 saturated heterocycles. The van der Waals surface area contributed by atoms with E-state index in [4.69, 9.17) is 100.0 Å². The summed E-state index contributed by atoms with van der Waals surface area (Å²) in [6.07, 6.45) is 15.7. The Morgan fingerprint density at radius 1 is 0.375 bits per heavy atom. The number of hydrogen-bond acceptors (Lipinski definition) is 23. The molecule has 24 nitrogen and oxygen atoms in total. The van der Waals surface area contributed by atoms with E-state index in [1.807, 2.05) is 249 Å². The van der Waals surface area contributed by atoms with Crippen molar-refractivity contribution in [2.75, 3.05) is 13.2 Å². The van der Waals surface area contributed by atoms with Crippen LogP contribution < -0.4 is 3.71 Å². The predicted octanol–water partition coefficient (Wildman–Crippen LogP) is 29.3. The number of carboxylic acid groups (broad SMARTS) is 1. The number of hydrogen-bond donors (Lipinski definition) is 1. The second-order valence-corrected chi connectivity index (χ2v) is 56.4. The fraction of sp³-hybridized carbons (Fsp3) is 0.330. The van der Waals surface area contributed by atoms with Crippen LogP contribution >= 0.6 is 80.4 Å². The van der Waals surface area contributed by atoms with Crippen LogP contribution in [0.15, 0.2) is 201 Å². The molecule has 3 atom stereocenters. The number of ether oxygens (including phenoxy) is 5. The fourth-order valence-corrected chi connectivity index (χ4v) is 37.2. The molecule has 0 aliphatic rings. The zero-order valence-corrected chi connectivity index (χ0v) is 93.0. The molecule has 0 bridgehead atoms. The zero-order chi connectivity index (χ0) is 103. The molecule has 12 aromatic heterocycles. The molecule has 32 heteroatoms. The van der Waals surface area contributed by atoms with Gasteiger partial charge < -0.3 is 28.8 Å². The summed E-state index contributed by atoms with van der Waals surface area (Å²) in [4.78, 5) is 82.1. The van der Waals surface area contributed by atoms with Crippen LogP contribution in [0.2, 0.25) is 33.5 Å².